The van der Waals surface area contributed by atoms with Crippen LogP contribution in [-0.4, -0.2) is 17.2 Å². The van der Waals surface area contributed by atoms with E-state index >= 15 is 0 Å². The summed E-state index contributed by atoms with van der Waals surface area (Å²) < 4.78 is 55.5. The molecule has 0 aliphatic heterocycles. The molecule has 0 N–H and O–H groups in total. The molecule has 0 heterocycles. The Bertz CT molecular complexity index is 1140. The Kier molecular flexibility index (Phi) is 6.30. The molecule has 8 heteroatoms. The van der Waals surface area contributed by atoms with Gasteiger partial charge in [0, 0.05) is 22.9 Å². The molecular weight excluding hydrogens is 436 g/mol. The molecule has 0 spiro atoms. The third-order valence-corrected chi connectivity index (χ3v) is 7.51. The van der Waals surface area contributed by atoms with Gasteiger partial charge in [0.25, 0.3) is 7.14 Å². The quantitative estimate of drug-likeness (QED) is 0.336. The van der Waals surface area contributed by atoms with Gasteiger partial charge < -0.3 is 4.57 Å². The number of Topliss-reactive ketones (excluding diaryl/α,β-unsaturated/α-hetero) is 1. The van der Waals surface area contributed by atoms with E-state index < -0.39 is 36.1 Å². The first-order chi connectivity index (χ1) is 14.2. The van der Waals surface area contributed by atoms with Crippen molar-refractivity contribution in [2.75, 3.05) is 0 Å². The standard InChI is InChI=1S/C22H15ClF3O3P/c23-18-12-6-5-11-17(18)19(27)14-16-10-4-7-13-20(16)30(29,22(24,25)26)21(28)15-8-2-1-3-9-15/h1-13H,14H2. The second kappa shape index (κ2) is 8.58. The smallest absolute Gasteiger partial charge is 0.300 e. The Balaban J connectivity index is 2.11. The van der Waals surface area contributed by atoms with Gasteiger partial charge in [0.15, 0.2) is 5.78 Å². The second-order valence-electron chi connectivity index (χ2n) is 6.46. The molecule has 0 fully saturated rings. The molecule has 0 aliphatic rings. The first kappa shape index (κ1) is 22.0. The fourth-order valence-corrected chi connectivity index (χ4v) is 5.38. The maximum Gasteiger partial charge on any atom is 0.451 e. The minimum atomic E-state index is -5.59. The maximum absolute atomic E-state index is 14.0. The van der Waals surface area contributed by atoms with Crippen molar-refractivity contribution in [3.05, 3.63) is 101 Å². The Labute approximate surface area is 175 Å². The highest BCUT2D eigenvalue weighted by atomic mass is 35.5. The highest BCUT2D eigenvalue weighted by Crippen LogP contribution is 2.62. The molecule has 0 bridgehead atoms. The van der Waals surface area contributed by atoms with Crippen molar-refractivity contribution in [1.29, 1.82) is 0 Å². The van der Waals surface area contributed by atoms with Gasteiger partial charge in [-0.3, -0.25) is 9.59 Å². The lowest BCUT2D eigenvalue weighted by molar-refractivity contribution is -0.0443. The Morgan fingerprint density at radius 3 is 2.03 bits per heavy atom. The van der Waals surface area contributed by atoms with E-state index in [9.17, 15) is 27.3 Å². The van der Waals surface area contributed by atoms with Gasteiger partial charge in [-0.05, 0) is 17.7 Å². The lowest BCUT2D eigenvalue weighted by Gasteiger charge is -2.22. The summed E-state index contributed by atoms with van der Waals surface area (Å²) in [6, 6.07) is 17.7. The van der Waals surface area contributed by atoms with Crippen LogP contribution in [-0.2, 0) is 11.0 Å². The highest BCUT2D eigenvalue weighted by Gasteiger charge is 2.58. The monoisotopic (exact) mass is 450 g/mol. The number of ketones is 1. The Morgan fingerprint density at radius 2 is 1.40 bits per heavy atom. The van der Waals surface area contributed by atoms with Gasteiger partial charge >= 0.3 is 5.92 Å². The first-order valence-electron chi connectivity index (χ1n) is 8.79. The molecule has 30 heavy (non-hydrogen) atoms. The number of halogens is 4. The van der Waals surface area contributed by atoms with Crippen LogP contribution in [0.4, 0.5) is 13.2 Å². The van der Waals surface area contributed by atoms with Crippen LogP contribution in [0.15, 0.2) is 78.9 Å². The Morgan fingerprint density at radius 1 is 0.833 bits per heavy atom. The van der Waals surface area contributed by atoms with Gasteiger partial charge in [0.05, 0.1) is 5.02 Å². The largest absolute Gasteiger partial charge is 0.451 e. The molecule has 0 amide bonds. The fraction of sp³-hybridized carbons (Fsp3) is 0.0909. The Hall–Kier alpha value is -2.69. The van der Waals surface area contributed by atoms with Crippen LogP contribution in [0.2, 0.25) is 5.02 Å². The molecule has 0 radical (unpaired) electrons. The van der Waals surface area contributed by atoms with Crippen LogP contribution in [0.25, 0.3) is 0 Å². The second-order valence-corrected chi connectivity index (χ2v) is 9.48. The van der Waals surface area contributed by atoms with E-state index in [1.807, 2.05) is 0 Å². The molecule has 3 aromatic rings. The zero-order chi connectivity index (χ0) is 21.9. The SMILES string of the molecule is O=C(Cc1ccccc1P(=O)(C(=O)c1ccccc1)C(F)(F)F)c1ccccc1Cl. The number of carbonyl (C=O) groups excluding carboxylic acids is 2. The molecule has 1 unspecified atom stereocenters. The predicted octanol–water partition coefficient (Wildman–Crippen LogP) is 6.11. The van der Waals surface area contributed by atoms with E-state index in [0.717, 1.165) is 6.07 Å². The lowest BCUT2D eigenvalue weighted by Crippen LogP contribution is -2.28. The van der Waals surface area contributed by atoms with Crippen LogP contribution in [0.5, 0.6) is 0 Å². The average molecular weight is 451 g/mol. The molecule has 0 saturated carbocycles. The zero-order valence-electron chi connectivity index (χ0n) is 15.4. The summed E-state index contributed by atoms with van der Waals surface area (Å²) in [6.45, 7) is 0. The van der Waals surface area contributed by atoms with Gasteiger partial charge in [-0.1, -0.05) is 78.3 Å². The van der Waals surface area contributed by atoms with Crippen molar-refractivity contribution in [2.45, 2.75) is 12.3 Å². The first-order valence-corrected chi connectivity index (χ1v) is 10.9. The lowest BCUT2D eigenvalue weighted by atomic mass is 10.0. The topological polar surface area (TPSA) is 51.2 Å². The number of rotatable bonds is 6. The van der Waals surface area contributed by atoms with Gasteiger partial charge in [-0.2, -0.15) is 13.2 Å². The minimum Gasteiger partial charge on any atom is -0.300 e. The van der Waals surface area contributed by atoms with Crippen molar-refractivity contribution in [1.82, 2.24) is 0 Å². The van der Waals surface area contributed by atoms with Crippen LogP contribution in [0.1, 0.15) is 26.3 Å². The summed E-state index contributed by atoms with van der Waals surface area (Å²) in [5.74, 6) is -5.86. The predicted molar refractivity (Wildman–Crippen MR) is 110 cm³/mol. The summed E-state index contributed by atoms with van der Waals surface area (Å²) in [4.78, 5) is 25.4. The maximum atomic E-state index is 14.0. The van der Waals surface area contributed by atoms with Crippen molar-refractivity contribution < 1.29 is 27.3 Å². The van der Waals surface area contributed by atoms with Crippen molar-refractivity contribution in [3.63, 3.8) is 0 Å². The molecule has 0 aliphatic carbocycles. The fourth-order valence-electron chi connectivity index (χ4n) is 3.05. The summed E-state index contributed by atoms with van der Waals surface area (Å²) in [7, 11) is -5.59. The van der Waals surface area contributed by atoms with E-state index in [0.29, 0.717) is 0 Å². The molecule has 0 aromatic heterocycles. The van der Waals surface area contributed by atoms with Crippen LogP contribution in [0, 0.1) is 0 Å². The van der Waals surface area contributed by atoms with Crippen LogP contribution in [0.3, 0.4) is 0 Å². The molecule has 3 nitrogen and oxygen atoms in total. The minimum absolute atomic E-state index is 0.130. The summed E-state index contributed by atoms with van der Waals surface area (Å²) in [5, 5.41) is -0.536. The number of alkyl halides is 3. The van der Waals surface area contributed by atoms with Crippen molar-refractivity contribution in [3.8, 4) is 0 Å². The van der Waals surface area contributed by atoms with Gasteiger partial charge in [-0.15, -0.1) is 0 Å². The number of carbonyl (C=O) groups is 2. The van der Waals surface area contributed by atoms with Gasteiger partial charge in [0.1, 0.15) is 0 Å². The van der Waals surface area contributed by atoms with E-state index in [1.165, 1.54) is 60.7 Å². The summed E-state index contributed by atoms with van der Waals surface area (Å²) >= 11 is 6.01. The van der Waals surface area contributed by atoms with Gasteiger partial charge in [0.2, 0.25) is 5.52 Å². The summed E-state index contributed by atoms with van der Waals surface area (Å²) in [6.07, 6.45) is -0.484. The van der Waals surface area contributed by atoms with E-state index in [2.05, 4.69) is 0 Å². The average Bonchev–Trinajstić information content (AvgIpc) is 2.73. The third-order valence-electron chi connectivity index (χ3n) is 4.52. The highest BCUT2D eigenvalue weighted by molar-refractivity contribution is 7.88. The third kappa shape index (κ3) is 4.11. The van der Waals surface area contributed by atoms with Crippen molar-refractivity contribution in [2.24, 2.45) is 0 Å². The normalized spacial score (nSPS) is 13.5. The molecule has 1 atom stereocenters. The molecule has 3 aromatic carbocycles. The number of hydrogen-bond acceptors (Lipinski definition) is 3. The number of benzene rings is 3. The number of hydrogen-bond donors (Lipinski definition) is 0. The van der Waals surface area contributed by atoms with E-state index in [1.54, 1.807) is 12.1 Å². The van der Waals surface area contributed by atoms with Crippen LogP contribution >= 0.6 is 18.7 Å². The molecular formula is C22H15ClF3O3P. The van der Waals surface area contributed by atoms with E-state index in [-0.39, 0.29) is 21.7 Å². The van der Waals surface area contributed by atoms with Crippen LogP contribution < -0.4 is 5.30 Å². The molecule has 3 rings (SSSR count). The zero-order valence-corrected chi connectivity index (χ0v) is 17.0. The van der Waals surface area contributed by atoms with Gasteiger partial charge in [-0.25, -0.2) is 0 Å². The molecule has 154 valence electrons. The molecule has 0 saturated heterocycles. The van der Waals surface area contributed by atoms with Crippen molar-refractivity contribution >= 4 is 35.4 Å². The van der Waals surface area contributed by atoms with E-state index in [4.69, 9.17) is 11.6 Å². The summed E-state index contributed by atoms with van der Waals surface area (Å²) in [5.41, 5.74) is -1.84.